The van der Waals surface area contributed by atoms with Crippen LogP contribution in [-0.4, -0.2) is 63.5 Å². The molecule has 0 aromatic rings. The molecule has 0 radical (unpaired) electrons. The summed E-state index contributed by atoms with van der Waals surface area (Å²) < 4.78 is 11.3. The second-order valence-electron chi connectivity index (χ2n) is 7.93. The maximum Gasteiger partial charge on any atom is 0.193 e. The van der Waals surface area contributed by atoms with Crippen molar-refractivity contribution >= 4 is 29.9 Å². The van der Waals surface area contributed by atoms with Gasteiger partial charge in [0.05, 0.1) is 0 Å². The number of rotatable bonds is 7. The van der Waals surface area contributed by atoms with Gasteiger partial charge in [0.25, 0.3) is 0 Å². The smallest absolute Gasteiger partial charge is 0.193 e. The van der Waals surface area contributed by atoms with Gasteiger partial charge in [-0.25, -0.2) is 0 Å². The van der Waals surface area contributed by atoms with Crippen molar-refractivity contribution in [2.24, 2.45) is 22.7 Å². The Hall–Kier alpha value is -0.0800. The van der Waals surface area contributed by atoms with Gasteiger partial charge in [-0.3, -0.25) is 4.99 Å². The zero-order valence-corrected chi connectivity index (χ0v) is 18.8. The molecular formula is C20H38IN3O2. The van der Waals surface area contributed by atoms with E-state index < -0.39 is 0 Å². The molecule has 26 heavy (non-hydrogen) atoms. The quantitative estimate of drug-likeness (QED) is 0.263. The van der Waals surface area contributed by atoms with Crippen molar-refractivity contribution in [2.75, 3.05) is 52.6 Å². The predicted octanol–water partition coefficient (Wildman–Crippen LogP) is 3.53. The van der Waals surface area contributed by atoms with Crippen LogP contribution in [0.4, 0.5) is 0 Å². The molecular weight excluding hydrogens is 441 g/mol. The molecule has 1 saturated carbocycles. The lowest BCUT2D eigenvalue weighted by Crippen LogP contribution is -2.40. The number of aliphatic imine (C=N–C) groups is 1. The van der Waals surface area contributed by atoms with Crippen molar-refractivity contribution in [2.45, 2.75) is 51.9 Å². The zero-order chi connectivity index (χ0) is 17.3. The third-order valence-corrected chi connectivity index (χ3v) is 6.01. The van der Waals surface area contributed by atoms with Crippen LogP contribution in [0.1, 0.15) is 51.9 Å². The Morgan fingerprint density at radius 3 is 2.46 bits per heavy atom. The van der Waals surface area contributed by atoms with Crippen molar-refractivity contribution in [1.29, 1.82) is 0 Å². The highest BCUT2D eigenvalue weighted by atomic mass is 127. The van der Waals surface area contributed by atoms with E-state index in [1.807, 2.05) is 0 Å². The average molecular weight is 479 g/mol. The van der Waals surface area contributed by atoms with Gasteiger partial charge in [0.1, 0.15) is 0 Å². The number of hydrogen-bond donors (Lipinski definition) is 1. The molecule has 6 heteroatoms. The molecule has 0 aromatic heterocycles. The van der Waals surface area contributed by atoms with E-state index in [-0.39, 0.29) is 24.0 Å². The Balaban J connectivity index is 0.00000243. The van der Waals surface area contributed by atoms with Gasteiger partial charge in [-0.2, -0.15) is 0 Å². The molecule has 2 heterocycles. The van der Waals surface area contributed by atoms with E-state index in [9.17, 15) is 0 Å². The molecule has 3 aliphatic rings. The van der Waals surface area contributed by atoms with Crippen molar-refractivity contribution < 1.29 is 9.47 Å². The van der Waals surface area contributed by atoms with Crippen molar-refractivity contribution in [1.82, 2.24) is 10.2 Å². The Morgan fingerprint density at radius 2 is 1.81 bits per heavy atom. The lowest BCUT2D eigenvalue weighted by atomic mass is 9.82. The van der Waals surface area contributed by atoms with Gasteiger partial charge in [0, 0.05) is 52.6 Å². The number of likely N-dealkylation sites (tertiary alicyclic amines) is 1. The van der Waals surface area contributed by atoms with Crippen LogP contribution in [0.2, 0.25) is 0 Å². The Bertz CT molecular complexity index is 402. The predicted molar refractivity (Wildman–Crippen MR) is 117 cm³/mol. The maximum atomic E-state index is 5.86. The van der Waals surface area contributed by atoms with Gasteiger partial charge in [0.15, 0.2) is 5.96 Å². The third-order valence-electron chi connectivity index (χ3n) is 6.01. The first-order chi connectivity index (χ1) is 12.4. The van der Waals surface area contributed by atoms with Crippen LogP contribution >= 0.6 is 24.0 Å². The standard InChI is InChI=1S/C20H37N3O2.HI/c1-2-21-20(23-14-18-6-3-4-7-19(18)15-23)22-10-5-11-25-16-17-8-12-24-13-9-17;/h17-19H,2-16H2,1H3,(H,21,22);1H. The second kappa shape index (κ2) is 12.4. The Morgan fingerprint density at radius 1 is 1.12 bits per heavy atom. The van der Waals surface area contributed by atoms with Gasteiger partial charge in [-0.15, -0.1) is 24.0 Å². The summed E-state index contributed by atoms with van der Waals surface area (Å²) in [4.78, 5) is 7.38. The summed E-state index contributed by atoms with van der Waals surface area (Å²) in [6, 6.07) is 0. The number of hydrogen-bond acceptors (Lipinski definition) is 3. The number of guanidine groups is 1. The zero-order valence-electron chi connectivity index (χ0n) is 16.5. The average Bonchev–Trinajstić information content (AvgIpc) is 3.08. The van der Waals surface area contributed by atoms with Crippen LogP contribution < -0.4 is 5.32 Å². The molecule has 5 nitrogen and oxygen atoms in total. The SMILES string of the molecule is CCNC(=NCCCOCC1CCOCC1)N1CC2CCCCC2C1.I. The summed E-state index contributed by atoms with van der Waals surface area (Å²) in [5.41, 5.74) is 0. The summed E-state index contributed by atoms with van der Waals surface area (Å²) in [7, 11) is 0. The molecule has 3 fully saturated rings. The van der Waals surface area contributed by atoms with Gasteiger partial charge < -0.3 is 19.7 Å². The summed E-state index contributed by atoms with van der Waals surface area (Å²) >= 11 is 0. The molecule has 2 unspecified atom stereocenters. The number of nitrogens with zero attached hydrogens (tertiary/aromatic N) is 2. The fourth-order valence-electron chi connectivity index (χ4n) is 4.52. The first-order valence-corrected chi connectivity index (χ1v) is 10.6. The molecule has 1 N–H and O–H groups in total. The van der Waals surface area contributed by atoms with Crippen LogP contribution in [-0.2, 0) is 9.47 Å². The number of ether oxygens (including phenoxy) is 2. The summed E-state index contributed by atoms with van der Waals surface area (Å²) in [5, 5.41) is 3.50. The largest absolute Gasteiger partial charge is 0.381 e. The molecule has 1 aliphatic carbocycles. The van der Waals surface area contributed by atoms with Crippen molar-refractivity contribution in [3.8, 4) is 0 Å². The van der Waals surface area contributed by atoms with E-state index >= 15 is 0 Å². The minimum Gasteiger partial charge on any atom is -0.381 e. The van der Waals surface area contributed by atoms with E-state index in [1.165, 1.54) is 38.8 Å². The van der Waals surface area contributed by atoms with Crippen molar-refractivity contribution in [3.05, 3.63) is 0 Å². The molecule has 2 aliphatic heterocycles. The number of halogens is 1. The van der Waals surface area contributed by atoms with Gasteiger partial charge in [0.2, 0.25) is 0 Å². The van der Waals surface area contributed by atoms with E-state index in [4.69, 9.17) is 14.5 Å². The molecule has 0 bridgehead atoms. The second-order valence-corrected chi connectivity index (χ2v) is 7.93. The summed E-state index contributed by atoms with van der Waals surface area (Å²) in [6.07, 6.45) is 9.00. The highest BCUT2D eigenvalue weighted by Gasteiger charge is 2.35. The molecule has 152 valence electrons. The van der Waals surface area contributed by atoms with E-state index in [2.05, 4.69) is 17.1 Å². The Labute approximate surface area is 176 Å². The fraction of sp³-hybridized carbons (Fsp3) is 0.950. The molecule has 0 spiro atoms. The van der Waals surface area contributed by atoms with E-state index in [0.717, 1.165) is 76.6 Å². The molecule has 2 atom stereocenters. The van der Waals surface area contributed by atoms with Crippen LogP contribution in [0.15, 0.2) is 4.99 Å². The third kappa shape index (κ3) is 6.82. The van der Waals surface area contributed by atoms with Crippen LogP contribution in [0.25, 0.3) is 0 Å². The van der Waals surface area contributed by atoms with Crippen LogP contribution in [0.3, 0.4) is 0 Å². The van der Waals surface area contributed by atoms with Crippen molar-refractivity contribution in [3.63, 3.8) is 0 Å². The highest BCUT2D eigenvalue weighted by Crippen LogP contribution is 2.35. The van der Waals surface area contributed by atoms with Crippen LogP contribution in [0.5, 0.6) is 0 Å². The summed E-state index contributed by atoms with van der Waals surface area (Å²) in [6.45, 7) is 9.91. The lowest BCUT2D eigenvalue weighted by molar-refractivity contribution is 0.0205. The monoisotopic (exact) mass is 479 g/mol. The first kappa shape index (κ1) is 22.2. The first-order valence-electron chi connectivity index (χ1n) is 10.6. The fourth-order valence-corrected chi connectivity index (χ4v) is 4.52. The van der Waals surface area contributed by atoms with Gasteiger partial charge in [-0.1, -0.05) is 12.8 Å². The molecule has 2 saturated heterocycles. The topological polar surface area (TPSA) is 46.1 Å². The number of fused-ring (bicyclic) bond motifs is 1. The highest BCUT2D eigenvalue weighted by molar-refractivity contribution is 14.0. The minimum atomic E-state index is 0. The number of nitrogens with one attached hydrogen (secondary N) is 1. The van der Waals surface area contributed by atoms with E-state index in [0.29, 0.717) is 5.92 Å². The molecule has 3 rings (SSSR count). The van der Waals surface area contributed by atoms with Crippen LogP contribution in [0, 0.1) is 17.8 Å². The molecule has 0 amide bonds. The Kier molecular flexibility index (Phi) is 10.6. The lowest BCUT2D eigenvalue weighted by Gasteiger charge is -2.22. The molecule has 0 aromatic carbocycles. The van der Waals surface area contributed by atoms with Gasteiger partial charge in [-0.05, 0) is 56.8 Å². The maximum absolute atomic E-state index is 5.86. The minimum absolute atomic E-state index is 0. The van der Waals surface area contributed by atoms with Gasteiger partial charge >= 0.3 is 0 Å². The van der Waals surface area contributed by atoms with E-state index in [1.54, 1.807) is 0 Å². The normalized spacial score (nSPS) is 27.1. The summed E-state index contributed by atoms with van der Waals surface area (Å²) in [5.74, 6) is 3.63.